The summed E-state index contributed by atoms with van der Waals surface area (Å²) in [5.74, 6) is 0.669. The molecule has 1 aromatic heterocycles. The molecule has 0 N–H and O–H groups in total. The van der Waals surface area contributed by atoms with Crippen molar-refractivity contribution >= 4 is 32.7 Å². The summed E-state index contributed by atoms with van der Waals surface area (Å²) in [4.78, 5) is 20.3. The molecule has 4 rings (SSSR count). The van der Waals surface area contributed by atoms with E-state index in [0.717, 1.165) is 58.1 Å². The number of aromatic nitrogens is 1. The Hall–Kier alpha value is -2.20. The van der Waals surface area contributed by atoms with Crippen LogP contribution in [0, 0.1) is 5.92 Å². The molecule has 1 aliphatic heterocycles. The number of benzene rings is 2. The third-order valence-electron chi connectivity index (χ3n) is 5.60. The molecule has 0 spiro atoms. The number of hydrogen-bond donors (Lipinski definition) is 0. The second-order valence-corrected chi connectivity index (χ2v) is 8.68. The van der Waals surface area contributed by atoms with Gasteiger partial charge in [-0.05, 0) is 55.0 Å². The van der Waals surface area contributed by atoms with Gasteiger partial charge in [-0.15, -0.1) is 0 Å². The molecule has 144 valence electrons. The molecule has 2 heterocycles. The fourth-order valence-corrected chi connectivity index (χ4v) is 4.34. The van der Waals surface area contributed by atoms with E-state index < -0.39 is 0 Å². The highest BCUT2D eigenvalue weighted by Crippen LogP contribution is 2.29. The predicted molar refractivity (Wildman–Crippen MR) is 119 cm³/mol. The average molecular weight is 437 g/mol. The number of rotatable bonds is 3. The number of carbonyl (C=O) groups is 1. The maximum Gasteiger partial charge on any atom is 0.254 e. The highest BCUT2D eigenvalue weighted by Gasteiger charge is 2.24. The van der Waals surface area contributed by atoms with E-state index in [1.165, 1.54) is 12.0 Å². The lowest BCUT2D eigenvalue weighted by atomic mass is 9.98. The van der Waals surface area contributed by atoms with Crippen molar-refractivity contribution in [1.82, 2.24) is 9.88 Å². The van der Waals surface area contributed by atoms with Crippen molar-refractivity contribution in [2.45, 2.75) is 33.1 Å². The zero-order valence-electron chi connectivity index (χ0n) is 16.4. The lowest BCUT2D eigenvalue weighted by Crippen LogP contribution is -2.39. The maximum atomic E-state index is 13.4. The molecule has 1 amide bonds. The van der Waals surface area contributed by atoms with Crippen molar-refractivity contribution in [3.05, 3.63) is 64.1 Å². The molecule has 1 aliphatic rings. The number of nitrogens with zero attached hydrogens (tertiary/aromatic N) is 2. The molecule has 0 aliphatic carbocycles. The van der Waals surface area contributed by atoms with Crippen molar-refractivity contribution in [3.8, 4) is 11.3 Å². The predicted octanol–water partition coefficient (Wildman–Crippen LogP) is 6.10. The number of pyridine rings is 1. The summed E-state index contributed by atoms with van der Waals surface area (Å²) in [6.45, 7) is 6.04. The SMILES string of the molecule is CCc1ccc(-c2cc(C(=O)N3CCC[C@H](C)C3)c3cc(Br)ccc3n2)cc1. The normalized spacial score (nSPS) is 17.1. The fourth-order valence-electron chi connectivity index (χ4n) is 3.98. The van der Waals surface area contributed by atoms with E-state index in [9.17, 15) is 4.79 Å². The Morgan fingerprint density at radius 3 is 2.68 bits per heavy atom. The Labute approximate surface area is 174 Å². The largest absolute Gasteiger partial charge is 0.338 e. The van der Waals surface area contributed by atoms with Crippen LogP contribution < -0.4 is 0 Å². The van der Waals surface area contributed by atoms with Crippen LogP contribution in [0.1, 0.15) is 42.6 Å². The van der Waals surface area contributed by atoms with E-state index in [2.05, 4.69) is 54.0 Å². The van der Waals surface area contributed by atoms with Crippen molar-refractivity contribution in [2.75, 3.05) is 13.1 Å². The van der Waals surface area contributed by atoms with Crippen LogP contribution >= 0.6 is 15.9 Å². The molecule has 3 aromatic rings. The Morgan fingerprint density at radius 1 is 1.18 bits per heavy atom. The van der Waals surface area contributed by atoms with Crippen LogP contribution in [0.2, 0.25) is 0 Å². The topological polar surface area (TPSA) is 33.2 Å². The van der Waals surface area contributed by atoms with Crippen molar-refractivity contribution in [1.29, 1.82) is 0 Å². The standard InChI is InChI=1S/C24H25BrN2O/c1-3-17-6-8-18(9-7-17)23-14-21(20-13-19(25)10-11-22(20)26-23)24(28)27-12-4-5-16(2)15-27/h6-11,13-14,16H,3-5,12,15H2,1-2H3/t16-/m0/s1. The molecule has 0 unspecified atom stereocenters. The summed E-state index contributed by atoms with van der Waals surface area (Å²) >= 11 is 3.55. The number of halogens is 1. The molecule has 1 atom stereocenters. The van der Waals surface area contributed by atoms with Gasteiger partial charge in [-0.2, -0.15) is 0 Å². The van der Waals surface area contributed by atoms with Gasteiger partial charge in [0.15, 0.2) is 0 Å². The van der Waals surface area contributed by atoms with Gasteiger partial charge < -0.3 is 4.90 Å². The number of aryl methyl sites for hydroxylation is 1. The molecule has 2 aromatic carbocycles. The highest BCUT2D eigenvalue weighted by atomic mass is 79.9. The van der Waals surface area contributed by atoms with E-state index in [1.807, 2.05) is 29.2 Å². The van der Waals surface area contributed by atoms with Crippen LogP contribution in [-0.2, 0) is 6.42 Å². The van der Waals surface area contributed by atoms with Gasteiger partial charge in [0.25, 0.3) is 5.91 Å². The minimum Gasteiger partial charge on any atom is -0.338 e. The van der Waals surface area contributed by atoms with E-state index in [0.29, 0.717) is 5.92 Å². The molecule has 0 bridgehead atoms. The third kappa shape index (κ3) is 3.83. The summed E-state index contributed by atoms with van der Waals surface area (Å²) in [6.07, 6.45) is 3.28. The first-order valence-electron chi connectivity index (χ1n) is 10.0. The number of hydrogen-bond acceptors (Lipinski definition) is 2. The van der Waals surface area contributed by atoms with Gasteiger partial charge >= 0.3 is 0 Å². The average Bonchev–Trinajstić information content (AvgIpc) is 2.72. The summed E-state index contributed by atoms with van der Waals surface area (Å²) in [7, 11) is 0. The molecule has 3 nitrogen and oxygen atoms in total. The van der Waals surface area contributed by atoms with Crippen LogP contribution in [-0.4, -0.2) is 28.9 Å². The molecular weight excluding hydrogens is 412 g/mol. The quantitative estimate of drug-likeness (QED) is 0.496. The van der Waals surface area contributed by atoms with Crippen molar-refractivity contribution < 1.29 is 4.79 Å². The monoisotopic (exact) mass is 436 g/mol. The Balaban J connectivity index is 1.82. The molecule has 1 fully saturated rings. The van der Waals surface area contributed by atoms with E-state index in [-0.39, 0.29) is 5.91 Å². The number of fused-ring (bicyclic) bond motifs is 1. The van der Waals surface area contributed by atoms with Gasteiger partial charge in [0.2, 0.25) is 0 Å². The lowest BCUT2D eigenvalue weighted by Gasteiger charge is -2.31. The van der Waals surface area contributed by atoms with Crippen LogP contribution in [0.25, 0.3) is 22.2 Å². The molecule has 4 heteroatoms. The van der Waals surface area contributed by atoms with E-state index in [4.69, 9.17) is 4.98 Å². The Kier molecular flexibility index (Phi) is 5.49. The first-order chi connectivity index (χ1) is 13.5. The summed E-state index contributed by atoms with van der Waals surface area (Å²) in [5, 5.41) is 0.909. The van der Waals surface area contributed by atoms with Crippen LogP contribution in [0.5, 0.6) is 0 Å². The van der Waals surface area contributed by atoms with Gasteiger partial charge in [0.1, 0.15) is 0 Å². The minimum atomic E-state index is 0.114. The number of piperidine rings is 1. The first-order valence-corrected chi connectivity index (χ1v) is 10.8. The number of amides is 1. The molecular formula is C24H25BrN2O. The first kappa shape index (κ1) is 19.1. The van der Waals surface area contributed by atoms with E-state index in [1.54, 1.807) is 0 Å². The molecule has 1 saturated heterocycles. The Bertz CT molecular complexity index is 1010. The number of likely N-dealkylation sites (tertiary alicyclic amines) is 1. The fraction of sp³-hybridized carbons (Fsp3) is 0.333. The van der Waals surface area contributed by atoms with E-state index >= 15 is 0 Å². The number of carbonyl (C=O) groups excluding carboxylic acids is 1. The smallest absolute Gasteiger partial charge is 0.254 e. The zero-order chi connectivity index (χ0) is 19.7. The zero-order valence-corrected chi connectivity index (χ0v) is 18.0. The summed E-state index contributed by atoms with van der Waals surface area (Å²) in [6, 6.07) is 16.4. The van der Waals surface area contributed by atoms with Gasteiger partial charge in [-0.3, -0.25) is 4.79 Å². The minimum absolute atomic E-state index is 0.114. The van der Waals surface area contributed by atoms with Crippen molar-refractivity contribution in [2.24, 2.45) is 5.92 Å². The molecule has 0 saturated carbocycles. The Morgan fingerprint density at radius 2 is 1.96 bits per heavy atom. The second kappa shape index (κ2) is 8.04. The van der Waals surface area contributed by atoms with Gasteiger partial charge in [-0.1, -0.05) is 54.0 Å². The van der Waals surface area contributed by atoms with Crippen LogP contribution in [0.4, 0.5) is 0 Å². The van der Waals surface area contributed by atoms with Gasteiger partial charge in [0.05, 0.1) is 16.8 Å². The van der Waals surface area contributed by atoms with Crippen molar-refractivity contribution in [3.63, 3.8) is 0 Å². The maximum absolute atomic E-state index is 13.4. The lowest BCUT2D eigenvalue weighted by molar-refractivity contribution is 0.0685. The highest BCUT2D eigenvalue weighted by molar-refractivity contribution is 9.10. The summed E-state index contributed by atoms with van der Waals surface area (Å²) in [5.41, 5.74) is 4.80. The van der Waals surface area contributed by atoms with Gasteiger partial charge in [-0.25, -0.2) is 4.98 Å². The van der Waals surface area contributed by atoms with Crippen LogP contribution in [0.15, 0.2) is 53.0 Å². The summed E-state index contributed by atoms with van der Waals surface area (Å²) < 4.78 is 0.961. The molecule has 0 radical (unpaired) electrons. The van der Waals surface area contributed by atoms with Gasteiger partial charge in [0, 0.05) is 28.5 Å². The van der Waals surface area contributed by atoms with Crippen LogP contribution in [0.3, 0.4) is 0 Å². The second-order valence-electron chi connectivity index (χ2n) is 7.77. The third-order valence-corrected chi connectivity index (χ3v) is 6.10. The molecule has 28 heavy (non-hydrogen) atoms.